The molecule has 0 saturated carbocycles. The van der Waals surface area contributed by atoms with E-state index in [-0.39, 0.29) is 0 Å². The first-order valence-electron chi connectivity index (χ1n) is 4.23. The second-order valence-electron chi connectivity index (χ2n) is 3.19. The SMILES string of the molecule is C/C=C(/C)C1C=CC=CC1C. The summed E-state index contributed by atoms with van der Waals surface area (Å²) in [5.74, 6) is 1.29. The smallest absolute Gasteiger partial charge is 0.00373 e. The normalized spacial score (nSPS) is 31.0. The van der Waals surface area contributed by atoms with E-state index in [1.807, 2.05) is 0 Å². The molecule has 60 valence electrons. The average molecular weight is 148 g/mol. The maximum atomic E-state index is 2.28. The molecule has 2 atom stereocenters. The first-order valence-corrected chi connectivity index (χ1v) is 4.23. The van der Waals surface area contributed by atoms with Crippen LogP contribution in [-0.2, 0) is 0 Å². The Morgan fingerprint density at radius 2 is 1.91 bits per heavy atom. The fourth-order valence-corrected chi connectivity index (χ4v) is 1.48. The molecule has 0 radical (unpaired) electrons. The molecule has 0 saturated heterocycles. The van der Waals surface area contributed by atoms with E-state index in [4.69, 9.17) is 0 Å². The van der Waals surface area contributed by atoms with Gasteiger partial charge in [0.2, 0.25) is 0 Å². The van der Waals surface area contributed by atoms with Crippen LogP contribution in [-0.4, -0.2) is 0 Å². The molecule has 11 heavy (non-hydrogen) atoms. The lowest BCUT2D eigenvalue weighted by atomic mass is 9.85. The molecule has 0 aromatic heterocycles. The second-order valence-corrected chi connectivity index (χ2v) is 3.19. The largest absolute Gasteiger partial charge is 0.0881 e. The van der Waals surface area contributed by atoms with E-state index < -0.39 is 0 Å². The molecule has 0 aromatic carbocycles. The van der Waals surface area contributed by atoms with Gasteiger partial charge in [-0.1, -0.05) is 42.9 Å². The predicted octanol–water partition coefficient (Wildman–Crippen LogP) is 3.33. The molecule has 2 unspecified atom stereocenters. The second kappa shape index (κ2) is 3.56. The molecule has 0 heterocycles. The maximum Gasteiger partial charge on any atom is 0.00373 e. The van der Waals surface area contributed by atoms with Gasteiger partial charge in [0.25, 0.3) is 0 Å². The van der Waals surface area contributed by atoms with E-state index in [1.54, 1.807) is 0 Å². The van der Waals surface area contributed by atoms with Gasteiger partial charge in [-0.05, 0) is 19.8 Å². The molecule has 0 aromatic rings. The lowest BCUT2D eigenvalue weighted by Crippen LogP contribution is -2.09. The van der Waals surface area contributed by atoms with Gasteiger partial charge in [0.05, 0.1) is 0 Å². The average Bonchev–Trinajstić information content (AvgIpc) is 2.04. The molecule has 0 heteroatoms. The first kappa shape index (κ1) is 8.32. The van der Waals surface area contributed by atoms with E-state index >= 15 is 0 Å². The van der Waals surface area contributed by atoms with Gasteiger partial charge in [-0.3, -0.25) is 0 Å². The van der Waals surface area contributed by atoms with Crippen molar-refractivity contribution in [2.24, 2.45) is 11.8 Å². The summed E-state index contributed by atoms with van der Waals surface area (Å²) in [6.45, 7) is 6.57. The number of hydrogen-bond acceptors (Lipinski definition) is 0. The van der Waals surface area contributed by atoms with Gasteiger partial charge in [0.1, 0.15) is 0 Å². The minimum atomic E-state index is 0.630. The Balaban J connectivity index is 2.73. The summed E-state index contributed by atoms with van der Waals surface area (Å²) in [5.41, 5.74) is 1.47. The highest BCUT2D eigenvalue weighted by Crippen LogP contribution is 2.25. The van der Waals surface area contributed by atoms with Crippen LogP contribution in [0, 0.1) is 11.8 Å². The molecular formula is C11H16. The van der Waals surface area contributed by atoms with Crippen molar-refractivity contribution in [2.45, 2.75) is 20.8 Å². The molecule has 0 fully saturated rings. The Morgan fingerprint density at radius 1 is 1.27 bits per heavy atom. The molecule has 0 N–H and O–H groups in total. The van der Waals surface area contributed by atoms with Gasteiger partial charge >= 0.3 is 0 Å². The monoisotopic (exact) mass is 148 g/mol. The lowest BCUT2D eigenvalue weighted by molar-refractivity contribution is 0.575. The minimum absolute atomic E-state index is 0.630. The Hall–Kier alpha value is -0.780. The van der Waals surface area contributed by atoms with Crippen LogP contribution in [0.3, 0.4) is 0 Å². The molecule has 0 spiro atoms. The van der Waals surface area contributed by atoms with E-state index in [1.165, 1.54) is 5.57 Å². The highest BCUT2D eigenvalue weighted by atomic mass is 14.2. The topological polar surface area (TPSA) is 0 Å². The van der Waals surface area contributed by atoms with Gasteiger partial charge in [0, 0.05) is 5.92 Å². The minimum Gasteiger partial charge on any atom is -0.0881 e. The zero-order chi connectivity index (χ0) is 8.27. The van der Waals surface area contributed by atoms with Gasteiger partial charge in [0.15, 0.2) is 0 Å². The molecule has 1 aliphatic rings. The Bertz CT molecular complexity index is 206. The molecule has 1 rings (SSSR count). The van der Waals surface area contributed by atoms with Crippen molar-refractivity contribution in [2.75, 3.05) is 0 Å². The summed E-state index contributed by atoms with van der Waals surface area (Å²) >= 11 is 0. The van der Waals surface area contributed by atoms with Crippen LogP contribution < -0.4 is 0 Å². The molecule has 0 nitrogen and oxygen atoms in total. The molecule has 1 aliphatic carbocycles. The molecule has 0 amide bonds. The van der Waals surface area contributed by atoms with Crippen LogP contribution in [0.15, 0.2) is 36.0 Å². The van der Waals surface area contributed by atoms with Crippen molar-refractivity contribution in [1.82, 2.24) is 0 Å². The van der Waals surface area contributed by atoms with Crippen LogP contribution in [0.5, 0.6) is 0 Å². The van der Waals surface area contributed by atoms with Crippen molar-refractivity contribution in [3.8, 4) is 0 Å². The fourth-order valence-electron chi connectivity index (χ4n) is 1.48. The maximum absolute atomic E-state index is 2.28. The van der Waals surface area contributed by atoms with Crippen molar-refractivity contribution in [3.05, 3.63) is 36.0 Å². The first-order chi connectivity index (χ1) is 5.25. The Kier molecular flexibility index (Phi) is 2.70. The van der Waals surface area contributed by atoms with E-state index in [2.05, 4.69) is 51.2 Å². The van der Waals surface area contributed by atoms with E-state index in [0.717, 1.165) is 0 Å². The van der Waals surface area contributed by atoms with Gasteiger partial charge < -0.3 is 0 Å². The van der Waals surface area contributed by atoms with E-state index in [0.29, 0.717) is 11.8 Å². The van der Waals surface area contributed by atoms with Crippen LogP contribution >= 0.6 is 0 Å². The van der Waals surface area contributed by atoms with Crippen molar-refractivity contribution < 1.29 is 0 Å². The zero-order valence-electron chi connectivity index (χ0n) is 7.54. The third-order valence-corrected chi connectivity index (χ3v) is 2.39. The van der Waals surface area contributed by atoms with Crippen LogP contribution in [0.1, 0.15) is 20.8 Å². The number of hydrogen-bond donors (Lipinski definition) is 0. The highest BCUT2D eigenvalue weighted by molar-refractivity contribution is 5.22. The van der Waals surface area contributed by atoms with Gasteiger partial charge in [-0.2, -0.15) is 0 Å². The molecule has 0 aliphatic heterocycles. The van der Waals surface area contributed by atoms with Crippen LogP contribution in [0.4, 0.5) is 0 Å². The van der Waals surface area contributed by atoms with Crippen LogP contribution in [0.2, 0.25) is 0 Å². The Labute approximate surface area is 69.3 Å². The summed E-state index contributed by atoms with van der Waals surface area (Å²) in [5, 5.41) is 0. The molecular weight excluding hydrogens is 132 g/mol. The predicted molar refractivity (Wildman–Crippen MR) is 50.4 cm³/mol. The highest BCUT2D eigenvalue weighted by Gasteiger charge is 2.14. The standard InChI is InChI=1S/C11H16/c1-4-9(2)11-8-6-5-7-10(11)3/h4-8,10-11H,1-3H3/b9-4-. The third kappa shape index (κ3) is 1.83. The summed E-state index contributed by atoms with van der Waals surface area (Å²) < 4.78 is 0. The fraction of sp³-hybridized carbons (Fsp3) is 0.455. The van der Waals surface area contributed by atoms with Crippen molar-refractivity contribution in [3.63, 3.8) is 0 Å². The third-order valence-electron chi connectivity index (χ3n) is 2.39. The Morgan fingerprint density at radius 3 is 2.45 bits per heavy atom. The number of allylic oxidation sites excluding steroid dienone is 6. The lowest BCUT2D eigenvalue weighted by Gasteiger charge is -2.20. The molecule has 0 bridgehead atoms. The van der Waals surface area contributed by atoms with Gasteiger partial charge in [-0.25, -0.2) is 0 Å². The summed E-state index contributed by atoms with van der Waals surface area (Å²) in [6.07, 6.45) is 11.0. The van der Waals surface area contributed by atoms with Gasteiger partial charge in [-0.15, -0.1) is 0 Å². The van der Waals surface area contributed by atoms with Crippen molar-refractivity contribution in [1.29, 1.82) is 0 Å². The number of rotatable bonds is 1. The quantitative estimate of drug-likeness (QED) is 0.500. The van der Waals surface area contributed by atoms with E-state index in [9.17, 15) is 0 Å². The summed E-state index contributed by atoms with van der Waals surface area (Å²) in [7, 11) is 0. The zero-order valence-corrected chi connectivity index (χ0v) is 7.54. The van der Waals surface area contributed by atoms with Crippen molar-refractivity contribution >= 4 is 0 Å². The van der Waals surface area contributed by atoms with Crippen LogP contribution in [0.25, 0.3) is 0 Å². The summed E-state index contributed by atoms with van der Waals surface area (Å²) in [4.78, 5) is 0. The summed E-state index contributed by atoms with van der Waals surface area (Å²) in [6, 6.07) is 0.